The number of rotatable bonds is 2. The van der Waals surface area contributed by atoms with Gasteiger partial charge in [-0.25, -0.2) is 0 Å². The summed E-state index contributed by atoms with van der Waals surface area (Å²) in [4.78, 5) is 11.8. The van der Waals surface area contributed by atoms with Gasteiger partial charge in [0.2, 0.25) is 0 Å². The van der Waals surface area contributed by atoms with Gasteiger partial charge in [-0.05, 0) is 18.4 Å². The molecule has 1 heterocycles. The predicted molar refractivity (Wildman–Crippen MR) is 52.9 cm³/mol. The lowest BCUT2D eigenvalue weighted by Crippen LogP contribution is -1.89. The van der Waals surface area contributed by atoms with E-state index in [2.05, 4.69) is 11.8 Å². The van der Waals surface area contributed by atoms with Gasteiger partial charge < -0.3 is 5.11 Å². The summed E-state index contributed by atoms with van der Waals surface area (Å²) < 4.78 is 0. The van der Waals surface area contributed by atoms with Crippen LogP contribution in [0, 0.1) is 11.8 Å². The van der Waals surface area contributed by atoms with Crippen molar-refractivity contribution in [2.24, 2.45) is 0 Å². The van der Waals surface area contributed by atoms with Crippen LogP contribution < -0.4 is 0 Å². The SMILES string of the molecule is CC(=O)c1sccc1C#CCCO. The van der Waals surface area contributed by atoms with Gasteiger partial charge in [0.05, 0.1) is 11.5 Å². The third kappa shape index (κ3) is 2.69. The van der Waals surface area contributed by atoms with Gasteiger partial charge in [-0.1, -0.05) is 11.8 Å². The van der Waals surface area contributed by atoms with Crippen LogP contribution in [-0.2, 0) is 0 Å². The molecule has 13 heavy (non-hydrogen) atoms. The standard InChI is InChI=1S/C10H10O2S/c1-8(12)10-9(5-7-13-10)4-2-3-6-11/h5,7,11H,3,6H2,1H3. The molecule has 1 N–H and O–H groups in total. The molecule has 1 rings (SSSR count). The third-order valence-electron chi connectivity index (χ3n) is 1.44. The van der Waals surface area contributed by atoms with Gasteiger partial charge in [-0.3, -0.25) is 4.79 Å². The molecule has 0 radical (unpaired) electrons. The van der Waals surface area contributed by atoms with Gasteiger partial charge in [0, 0.05) is 12.0 Å². The summed E-state index contributed by atoms with van der Waals surface area (Å²) >= 11 is 1.40. The van der Waals surface area contributed by atoms with Crippen LogP contribution in [0.3, 0.4) is 0 Å². The number of hydrogen-bond acceptors (Lipinski definition) is 3. The second-order valence-electron chi connectivity index (χ2n) is 2.49. The first-order chi connectivity index (χ1) is 6.25. The van der Waals surface area contributed by atoms with E-state index >= 15 is 0 Å². The van der Waals surface area contributed by atoms with E-state index in [9.17, 15) is 4.79 Å². The Labute approximate surface area is 81.2 Å². The molecule has 0 unspecified atom stereocenters. The topological polar surface area (TPSA) is 37.3 Å². The molecule has 0 saturated carbocycles. The number of aliphatic hydroxyl groups is 1. The largest absolute Gasteiger partial charge is 0.395 e. The van der Waals surface area contributed by atoms with Crippen molar-refractivity contribution in [3.8, 4) is 11.8 Å². The minimum Gasteiger partial charge on any atom is -0.395 e. The molecular weight excluding hydrogens is 184 g/mol. The highest BCUT2D eigenvalue weighted by molar-refractivity contribution is 7.12. The molecular formula is C10H10O2S. The summed E-state index contributed by atoms with van der Waals surface area (Å²) in [5, 5.41) is 10.4. The Morgan fingerprint density at radius 3 is 3.08 bits per heavy atom. The summed E-state index contributed by atoms with van der Waals surface area (Å²) in [6, 6.07) is 1.83. The van der Waals surface area contributed by atoms with E-state index in [4.69, 9.17) is 5.11 Å². The molecule has 0 spiro atoms. The van der Waals surface area contributed by atoms with Crippen LogP contribution >= 0.6 is 11.3 Å². The highest BCUT2D eigenvalue weighted by Gasteiger charge is 2.05. The fraction of sp³-hybridized carbons (Fsp3) is 0.300. The number of ketones is 1. The number of carbonyl (C=O) groups excluding carboxylic acids is 1. The fourth-order valence-electron chi connectivity index (χ4n) is 0.894. The van der Waals surface area contributed by atoms with Crippen molar-refractivity contribution in [3.63, 3.8) is 0 Å². The maximum absolute atomic E-state index is 11.1. The lowest BCUT2D eigenvalue weighted by Gasteiger charge is -1.88. The van der Waals surface area contributed by atoms with Gasteiger partial charge in [0.1, 0.15) is 0 Å². The lowest BCUT2D eigenvalue weighted by molar-refractivity contribution is 0.102. The third-order valence-corrected chi connectivity index (χ3v) is 2.46. The van der Waals surface area contributed by atoms with Crippen molar-refractivity contribution in [2.75, 3.05) is 6.61 Å². The first-order valence-electron chi connectivity index (χ1n) is 3.94. The smallest absolute Gasteiger partial charge is 0.170 e. The molecule has 0 bridgehead atoms. The average Bonchev–Trinajstić information content (AvgIpc) is 2.53. The Hall–Kier alpha value is -1.11. The Balaban J connectivity index is 2.84. The monoisotopic (exact) mass is 194 g/mol. The number of aliphatic hydroxyl groups excluding tert-OH is 1. The quantitative estimate of drug-likeness (QED) is 0.574. The van der Waals surface area contributed by atoms with Gasteiger partial charge in [-0.2, -0.15) is 0 Å². The van der Waals surface area contributed by atoms with E-state index in [1.807, 2.05) is 11.4 Å². The molecule has 1 aromatic heterocycles. The van der Waals surface area contributed by atoms with Crippen LogP contribution in [-0.4, -0.2) is 17.5 Å². The predicted octanol–water partition coefficient (Wildman–Crippen LogP) is 1.68. The summed E-state index contributed by atoms with van der Waals surface area (Å²) in [5.74, 6) is 5.69. The second kappa shape index (κ2) is 4.80. The Bertz CT molecular complexity index is 354. The molecule has 0 aliphatic heterocycles. The molecule has 68 valence electrons. The van der Waals surface area contributed by atoms with Crippen LogP contribution in [0.2, 0.25) is 0 Å². The molecule has 3 heteroatoms. The highest BCUT2D eigenvalue weighted by atomic mass is 32.1. The summed E-state index contributed by atoms with van der Waals surface area (Å²) in [7, 11) is 0. The maximum atomic E-state index is 11.1. The van der Waals surface area contributed by atoms with Gasteiger partial charge >= 0.3 is 0 Å². The maximum Gasteiger partial charge on any atom is 0.170 e. The molecule has 0 atom stereocenters. The fourth-order valence-corrected chi connectivity index (χ4v) is 1.65. The molecule has 0 aliphatic carbocycles. The van der Waals surface area contributed by atoms with E-state index in [-0.39, 0.29) is 12.4 Å². The minimum atomic E-state index is 0.0447. The first-order valence-corrected chi connectivity index (χ1v) is 4.82. The Morgan fingerprint density at radius 2 is 2.46 bits per heavy atom. The molecule has 0 amide bonds. The van der Waals surface area contributed by atoms with Crippen molar-refractivity contribution in [3.05, 3.63) is 21.9 Å². The van der Waals surface area contributed by atoms with Crippen LogP contribution in [0.15, 0.2) is 11.4 Å². The van der Waals surface area contributed by atoms with E-state index in [0.29, 0.717) is 11.3 Å². The van der Waals surface area contributed by atoms with Crippen LogP contribution in [0.1, 0.15) is 28.6 Å². The van der Waals surface area contributed by atoms with Crippen molar-refractivity contribution in [1.82, 2.24) is 0 Å². The summed E-state index contributed by atoms with van der Waals surface area (Å²) in [6.45, 7) is 1.59. The molecule has 1 aromatic rings. The Morgan fingerprint density at radius 1 is 1.69 bits per heavy atom. The van der Waals surface area contributed by atoms with Crippen molar-refractivity contribution in [2.45, 2.75) is 13.3 Å². The average molecular weight is 194 g/mol. The number of carbonyl (C=O) groups is 1. The van der Waals surface area contributed by atoms with Gasteiger partial charge in [-0.15, -0.1) is 11.3 Å². The molecule has 0 fully saturated rings. The van der Waals surface area contributed by atoms with Crippen LogP contribution in [0.25, 0.3) is 0 Å². The van der Waals surface area contributed by atoms with Crippen molar-refractivity contribution >= 4 is 17.1 Å². The minimum absolute atomic E-state index is 0.0447. The van der Waals surface area contributed by atoms with E-state index < -0.39 is 0 Å². The zero-order valence-electron chi connectivity index (χ0n) is 7.33. The normalized spacial score (nSPS) is 9.08. The zero-order chi connectivity index (χ0) is 9.68. The second-order valence-corrected chi connectivity index (χ2v) is 3.41. The van der Waals surface area contributed by atoms with E-state index in [1.165, 1.54) is 18.3 Å². The van der Waals surface area contributed by atoms with Crippen molar-refractivity contribution < 1.29 is 9.90 Å². The van der Waals surface area contributed by atoms with Gasteiger partial charge in [0.25, 0.3) is 0 Å². The summed E-state index contributed by atoms with van der Waals surface area (Å²) in [6.07, 6.45) is 0.452. The number of thiophene rings is 1. The molecule has 0 aliphatic rings. The highest BCUT2D eigenvalue weighted by Crippen LogP contribution is 2.15. The van der Waals surface area contributed by atoms with E-state index in [1.54, 1.807) is 0 Å². The van der Waals surface area contributed by atoms with Crippen LogP contribution in [0.5, 0.6) is 0 Å². The van der Waals surface area contributed by atoms with E-state index in [0.717, 1.165) is 5.56 Å². The number of hydrogen-bond donors (Lipinski definition) is 1. The molecule has 0 saturated heterocycles. The lowest BCUT2D eigenvalue weighted by atomic mass is 10.2. The number of Topliss-reactive ketones (excluding diaryl/α,β-unsaturated/α-hetero) is 1. The Kier molecular flexibility index (Phi) is 3.69. The van der Waals surface area contributed by atoms with Crippen LogP contribution in [0.4, 0.5) is 0 Å². The molecule has 0 aromatic carbocycles. The summed E-state index contributed by atoms with van der Waals surface area (Å²) in [5.41, 5.74) is 0.769. The van der Waals surface area contributed by atoms with Gasteiger partial charge in [0.15, 0.2) is 5.78 Å². The zero-order valence-corrected chi connectivity index (χ0v) is 8.15. The van der Waals surface area contributed by atoms with Crippen molar-refractivity contribution in [1.29, 1.82) is 0 Å². The molecule has 2 nitrogen and oxygen atoms in total. The first kappa shape index (κ1) is 9.97.